The van der Waals surface area contributed by atoms with Crippen molar-refractivity contribution in [2.45, 2.75) is 58.9 Å². The van der Waals surface area contributed by atoms with Gasteiger partial charge in [0.15, 0.2) is 0 Å². The van der Waals surface area contributed by atoms with Crippen LogP contribution in [0.1, 0.15) is 46.5 Å². The molecule has 0 saturated heterocycles. The van der Waals surface area contributed by atoms with Crippen molar-refractivity contribution >= 4 is 0 Å². The fourth-order valence-electron chi connectivity index (χ4n) is 2.47. The highest BCUT2D eigenvalue weighted by Crippen LogP contribution is 2.36. The van der Waals surface area contributed by atoms with Gasteiger partial charge in [-0.2, -0.15) is 0 Å². The lowest BCUT2D eigenvalue weighted by atomic mass is 9.75. The molecule has 0 amide bonds. The smallest absolute Gasteiger partial charge is 0.289 e. The molecule has 96 valence electrons. The molecule has 1 rings (SSSR count). The molecule has 0 aromatic heterocycles. The van der Waals surface area contributed by atoms with Crippen molar-refractivity contribution in [2.24, 2.45) is 17.8 Å². The first kappa shape index (κ1) is 13.8. The molecule has 0 aliphatic heterocycles. The molecule has 0 aromatic carbocycles. The fourth-order valence-corrected chi connectivity index (χ4v) is 2.47. The van der Waals surface area contributed by atoms with Gasteiger partial charge in [-0.1, -0.05) is 20.8 Å². The minimum Gasteiger partial charge on any atom is -0.289 e. The van der Waals surface area contributed by atoms with Crippen molar-refractivity contribution in [1.29, 1.82) is 0 Å². The normalized spacial score (nSPS) is 29.4. The second-order valence-electron chi connectivity index (χ2n) is 5.20. The Balaban J connectivity index is 2.34. The van der Waals surface area contributed by atoms with Crippen molar-refractivity contribution in [1.82, 2.24) is 0 Å². The zero-order valence-corrected chi connectivity index (χ0v) is 10.2. The van der Waals surface area contributed by atoms with E-state index >= 15 is 0 Å². The maximum Gasteiger partial charge on any atom is 0.522 e. The predicted octanol–water partition coefficient (Wildman–Crippen LogP) is 4.37. The highest BCUT2D eigenvalue weighted by Gasteiger charge is 2.36. The lowest BCUT2D eigenvalue weighted by molar-refractivity contribution is -0.346. The highest BCUT2D eigenvalue weighted by atomic mass is 19.4. The van der Waals surface area contributed by atoms with E-state index in [2.05, 4.69) is 25.5 Å². The lowest BCUT2D eigenvalue weighted by Crippen LogP contribution is -2.30. The van der Waals surface area contributed by atoms with Gasteiger partial charge in [0.1, 0.15) is 0 Å². The van der Waals surface area contributed by atoms with Crippen LogP contribution in [0.5, 0.6) is 0 Å². The summed E-state index contributed by atoms with van der Waals surface area (Å²) >= 11 is 0. The molecule has 1 nitrogen and oxygen atoms in total. The predicted molar refractivity (Wildman–Crippen MR) is 56.9 cm³/mol. The number of alkyl halides is 3. The van der Waals surface area contributed by atoms with Crippen LogP contribution in [0.3, 0.4) is 0 Å². The molecule has 16 heavy (non-hydrogen) atoms. The molecule has 4 heteroatoms. The highest BCUT2D eigenvalue weighted by molar-refractivity contribution is 4.77. The Labute approximate surface area is 95.4 Å². The summed E-state index contributed by atoms with van der Waals surface area (Å²) in [6, 6.07) is 0. The standard InChI is InChI=1S/C12H21F3O/c1-8(2)9(3)10-4-6-11(7-5-10)16-12(13,14)15/h8-11H,4-7H2,1-3H3. The van der Waals surface area contributed by atoms with Crippen LogP contribution in [0, 0.1) is 17.8 Å². The summed E-state index contributed by atoms with van der Waals surface area (Å²) < 4.78 is 40.1. The molecule has 0 spiro atoms. The van der Waals surface area contributed by atoms with Crippen LogP contribution in [0.4, 0.5) is 13.2 Å². The summed E-state index contributed by atoms with van der Waals surface area (Å²) in [5, 5.41) is 0. The summed E-state index contributed by atoms with van der Waals surface area (Å²) in [5.74, 6) is 1.75. The number of halogens is 3. The van der Waals surface area contributed by atoms with E-state index in [-0.39, 0.29) is 0 Å². The summed E-state index contributed by atoms with van der Waals surface area (Å²) in [4.78, 5) is 0. The molecule has 1 unspecified atom stereocenters. The van der Waals surface area contributed by atoms with Crippen LogP contribution in [0.15, 0.2) is 0 Å². The molecule has 1 fully saturated rings. The van der Waals surface area contributed by atoms with E-state index in [1.165, 1.54) is 0 Å². The Morgan fingerprint density at radius 3 is 1.88 bits per heavy atom. The van der Waals surface area contributed by atoms with E-state index in [4.69, 9.17) is 0 Å². The first-order valence-corrected chi connectivity index (χ1v) is 6.04. The van der Waals surface area contributed by atoms with E-state index in [9.17, 15) is 13.2 Å². The van der Waals surface area contributed by atoms with Crippen LogP contribution in [0.2, 0.25) is 0 Å². The van der Waals surface area contributed by atoms with Crippen molar-refractivity contribution in [2.75, 3.05) is 0 Å². The molecular weight excluding hydrogens is 217 g/mol. The SMILES string of the molecule is CC(C)C(C)C1CCC(OC(F)(F)F)CC1. The van der Waals surface area contributed by atoms with Gasteiger partial charge >= 0.3 is 6.36 Å². The fraction of sp³-hybridized carbons (Fsp3) is 1.00. The van der Waals surface area contributed by atoms with E-state index in [0.717, 1.165) is 12.8 Å². The third kappa shape index (κ3) is 4.32. The number of hydrogen-bond acceptors (Lipinski definition) is 1. The number of hydrogen-bond donors (Lipinski definition) is 0. The maximum atomic E-state index is 12.0. The zero-order valence-electron chi connectivity index (χ0n) is 10.2. The van der Waals surface area contributed by atoms with E-state index in [1.807, 2.05) is 0 Å². The molecule has 0 aromatic rings. The Kier molecular flexibility index (Phi) is 4.65. The Hall–Kier alpha value is -0.250. The Bertz CT molecular complexity index is 205. The molecule has 0 heterocycles. The number of ether oxygens (including phenoxy) is 1. The van der Waals surface area contributed by atoms with Crippen LogP contribution < -0.4 is 0 Å². The van der Waals surface area contributed by atoms with E-state index < -0.39 is 12.5 Å². The largest absolute Gasteiger partial charge is 0.522 e. The summed E-state index contributed by atoms with van der Waals surface area (Å²) in [5.41, 5.74) is 0. The van der Waals surface area contributed by atoms with Gasteiger partial charge in [0, 0.05) is 0 Å². The first-order chi connectivity index (χ1) is 7.29. The summed E-state index contributed by atoms with van der Waals surface area (Å²) in [7, 11) is 0. The van der Waals surface area contributed by atoms with Crippen molar-refractivity contribution in [3.05, 3.63) is 0 Å². The lowest BCUT2D eigenvalue weighted by Gasteiger charge is -2.34. The van der Waals surface area contributed by atoms with Gasteiger partial charge in [-0.3, -0.25) is 4.74 Å². The molecule has 0 bridgehead atoms. The molecule has 1 atom stereocenters. The minimum atomic E-state index is -4.47. The first-order valence-electron chi connectivity index (χ1n) is 6.04. The second-order valence-corrected chi connectivity index (χ2v) is 5.20. The maximum absolute atomic E-state index is 12.0. The third-order valence-corrected chi connectivity index (χ3v) is 3.81. The van der Waals surface area contributed by atoms with Crippen LogP contribution in [-0.2, 0) is 4.74 Å². The van der Waals surface area contributed by atoms with Gasteiger partial charge in [0.25, 0.3) is 0 Å². The van der Waals surface area contributed by atoms with Gasteiger partial charge in [0.2, 0.25) is 0 Å². The summed E-state index contributed by atoms with van der Waals surface area (Å²) in [6.07, 6.45) is -2.28. The quantitative estimate of drug-likeness (QED) is 0.709. The van der Waals surface area contributed by atoms with Gasteiger partial charge in [-0.25, -0.2) is 0 Å². The van der Waals surface area contributed by atoms with Crippen molar-refractivity contribution < 1.29 is 17.9 Å². The third-order valence-electron chi connectivity index (χ3n) is 3.81. The van der Waals surface area contributed by atoms with Crippen molar-refractivity contribution in [3.63, 3.8) is 0 Å². The van der Waals surface area contributed by atoms with E-state index in [1.54, 1.807) is 0 Å². The molecule has 0 N–H and O–H groups in total. The average molecular weight is 238 g/mol. The van der Waals surface area contributed by atoms with Crippen molar-refractivity contribution in [3.8, 4) is 0 Å². The van der Waals surface area contributed by atoms with E-state index in [0.29, 0.717) is 30.6 Å². The van der Waals surface area contributed by atoms with Gasteiger partial charge < -0.3 is 0 Å². The monoisotopic (exact) mass is 238 g/mol. The second kappa shape index (κ2) is 5.39. The molecular formula is C12H21F3O. The zero-order chi connectivity index (χ0) is 12.3. The van der Waals surface area contributed by atoms with Crippen LogP contribution >= 0.6 is 0 Å². The Morgan fingerprint density at radius 2 is 1.50 bits per heavy atom. The minimum absolute atomic E-state index is 0.543. The topological polar surface area (TPSA) is 9.23 Å². The van der Waals surface area contributed by atoms with Crippen LogP contribution in [0.25, 0.3) is 0 Å². The van der Waals surface area contributed by atoms with Gasteiger partial charge in [0.05, 0.1) is 6.10 Å². The molecule has 0 radical (unpaired) electrons. The molecule has 1 saturated carbocycles. The molecule has 1 aliphatic carbocycles. The Morgan fingerprint density at radius 1 is 1.00 bits per heavy atom. The summed E-state index contributed by atoms with van der Waals surface area (Å²) in [6.45, 7) is 6.53. The van der Waals surface area contributed by atoms with Gasteiger partial charge in [-0.05, 0) is 43.4 Å². The molecule has 1 aliphatic rings. The number of rotatable bonds is 3. The van der Waals surface area contributed by atoms with Gasteiger partial charge in [-0.15, -0.1) is 13.2 Å². The van der Waals surface area contributed by atoms with Crippen LogP contribution in [-0.4, -0.2) is 12.5 Å². The average Bonchev–Trinajstić information content (AvgIpc) is 2.15.